The van der Waals surface area contributed by atoms with E-state index in [1.165, 1.54) is 12.1 Å². The normalized spacial score (nSPS) is 9.86. The summed E-state index contributed by atoms with van der Waals surface area (Å²) in [5.74, 6) is 6.01. The lowest BCUT2D eigenvalue weighted by atomic mass is 10.1. The van der Waals surface area contributed by atoms with Crippen molar-refractivity contribution in [3.05, 3.63) is 65.0 Å². The van der Waals surface area contributed by atoms with E-state index in [1.54, 1.807) is 6.07 Å². The first-order valence-electron chi connectivity index (χ1n) is 6.76. The van der Waals surface area contributed by atoms with Crippen LogP contribution < -0.4 is 4.74 Å². The molecule has 3 heteroatoms. The SMILES string of the molecule is Cc1ccc(OCc2cc(F)cc(C#CCCO)c2)cc1. The van der Waals surface area contributed by atoms with Gasteiger partial charge in [0.05, 0.1) is 6.61 Å². The fourth-order valence-electron chi connectivity index (χ4n) is 1.83. The van der Waals surface area contributed by atoms with Gasteiger partial charge in [0.15, 0.2) is 0 Å². The van der Waals surface area contributed by atoms with Gasteiger partial charge < -0.3 is 9.84 Å². The highest BCUT2D eigenvalue weighted by Crippen LogP contribution is 2.15. The standard InChI is InChI=1S/C18H17FO2/c1-14-5-7-18(8-6-14)21-13-16-10-15(4-2-3-9-20)11-17(19)12-16/h5-8,10-12,20H,3,9,13H2,1H3. The Morgan fingerprint density at radius 2 is 1.90 bits per heavy atom. The van der Waals surface area contributed by atoms with Gasteiger partial charge in [0.25, 0.3) is 0 Å². The molecule has 0 atom stereocenters. The Hall–Kier alpha value is -2.31. The molecule has 0 bridgehead atoms. The van der Waals surface area contributed by atoms with Crippen LogP contribution in [0.5, 0.6) is 5.75 Å². The molecule has 0 spiro atoms. The van der Waals surface area contributed by atoms with Crippen LogP contribution in [0.25, 0.3) is 0 Å². The molecule has 0 radical (unpaired) electrons. The number of halogens is 1. The van der Waals surface area contributed by atoms with Gasteiger partial charge in [0.2, 0.25) is 0 Å². The summed E-state index contributed by atoms with van der Waals surface area (Å²) in [6.45, 7) is 2.30. The van der Waals surface area contributed by atoms with Crippen LogP contribution in [-0.2, 0) is 6.61 Å². The zero-order valence-electron chi connectivity index (χ0n) is 11.9. The smallest absolute Gasteiger partial charge is 0.124 e. The van der Waals surface area contributed by atoms with Crippen molar-refractivity contribution < 1.29 is 14.2 Å². The van der Waals surface area contributed by atoms with Crippen molar-refractivity contribution in [1.29, 1.82) is 0 Å². The van der Waals surface area contributed by atoms with Crippen LogP contribution in [0.2, 0.25) is 0 Å². The Morgan fingerprint density at radius 3 is 2.62 bits per heavy atom. The van der Waals surface area contributed by atoms with E-state index in [0.717, 1.165) is 16.9 Å². The van der Waals surface area contributed by atoms with Gasteiger partial charge in [-0.05, 0) is 42.8 Å². The summed E-state index contributed by atoms with van der Waals surface area (Å²) < 4.78 is 19.2. The maximum atomic E-state index is 13.5. The lowest BCUT2D eigenvalue weighted by molar-refractivity contribution is 0.305. The van der Waals surface area contributed by atoms with Gasteiger partial charge in [0, 0.05) is 12.0 Å². The Bertz CT molecular complexity index is 651. The average Bonchev–Trinajstić information content (AvgIpc) is 2.46. The highest BCUT2D eigenvalue weighted by atomic mass is 19.1. The van der Waals surface area contributed by atoms with Crippen LogP contribution in [-0.4, -0.2) is 11.7 Å². The van der Waals surface area contributed by atoms with Crippen LogP contribution >= 0.6 is 0 Å². The maximum Gasteiger partial charge on any atom is 0.124 e. The quantitative estimate of drug-likeness (QED) is 0.871. The van der Waals surface area contributed by atoms with Crippen LogP contribution in [0.15, 0.2) is 42.5 Å². The Labute approximate surface area is 124 Å². The summed E-state index contributed by atoms with van der Waals surface area (Å²) in [7, 11) is 0. The van der Waals surface area contributed by atoms with E-state index in [9.17, 15) is 4.39 Å². The second kappa shape index (κ2) is 7.47. The van der Waals surface area contributed by atoms with Crippen molar-refractivity contribution in [2.75, 3.05) is 6.61 Å². The first kappa shape index (κ1) is 15.1. The maximum absolute atomic E-state index is 13.5. The number of benzene rings is 2. The van der Waals surface area contributed by atoms with Crippen LogP contribution in [0.3, 0.4) is 0 Å². The molecule has 21 heavy (non-hydrogen) atoms. The van der Waals surface area contributed by atoms with Gasteiger partial charge in [-0.25, -0.2) is 4.39 Å². The monoisotopic (exact) mass is 284 g/mol. The lowest BCUT2D eigenvalue weighted by Crippen LogP contribution is -1.97. The molecular weight excluding hydrogens is 267 g/mol. The Kier molecular flexibility index (Phi) is 5.36. The summed E-state index contributed by atoms with van der Waals surface area (Å²) in [6.07, 6.45) is 0.381. The lowest BCUT2D eigenvalue weighted by Gasteiger charge is -2.07. The van der Waals surface area contributed by atoms with Crippen molar-refractivity contribution in [2.45, 2.75) is 20.0 Å². The molecule has 0 saturated heterocycles. The number of aryl methyl sites for hydroxylation is 1. The molecule has 0 aliphatic carbocycles. The zero-order chi connectivity index (χ0) is 15.1. The number of rotatable bonds is 4. The summed E-state index contributed by atoms with van der Waals surface area (Å²) in [6, 6.07) is 12.3. The topological polar surface area (TPSA) is 29.5 Å². The van der Waals surface area contributed by atoms with E-state index in [-0.39, 0.29) is 19.0 Å². The van der Waals surface area contributed by atoms with Crippen molar-refractivity contribution in [2.24, 2.45) is 0 Å². The summed E-state index contributed by atoms with van der Waals surface area (Å²) in [5.41, 5.74) is 2.48. The van der Waals surface area contributed by atoms with Crippen molar-refractivity contribution in [1.82, 2.24) is 0 Å². The van der Waals surface area contributed by atoms with Crippen molar-refractivity contribution >= 4 is 0 Å². The molecule has 0 saturated carbocycles. The number of hydrogen-bond acceptors (Lipinski definition) is 2. The highest BCUT2D eigenvalue weighted by Gasteiger charge is 2.01. The molecule has 2 nitrogen and oxygen atoms in total. The average molecular weight is 284 g/mol. The van der Waals surface area contributed by atoms with E-state index < -0.39 is 0 Å². The third kappa shape index (κ3) is 4.94. The minimum absolute atomic E-state index is 0.00566. The molecule has 2 aromatic rings. The third-order valence-corrected chi connectivity index (χ3v) is 2.85. The fourth-order valence-corrected chi connectivity index (χ4v) is 1.83. The van der Waals surface area contributed by atoms with Gasteiger partial charge in [-0.15, -0.1) is 0 Å². The van der Waals surface area contributed by atoms with Crippen molar-refractivity contribution in [3.8, 4) is 17.6 Å². The van der Waals surface area contributed by atoms with Gasteiger partial charge >= 0.3 is 0 Å². The predicted octanol–water partition coefficient (Wildman–Crippen LogP) is 3.45. The Morgan fingerprint density at radius 1 is 1.14 bits per heavy atom. The van der Waals surface area contributed by atoms with E-state index in [2.05, 4.69) is 11.8 Å². The first-order chi connectivity index (χ1) is 10.2. The third-order valence-electron chi connectivity index (χ3n) is 2.85. The number of aliphatic hydroxyl groups excluding tert-OH is 1. The van der Waals surface area contributed by atoms with Gasteiger partial charge in [0.1, 0.15) is 18.2 Å². The number of ether oxygens (including phenoxy) is 1. The molecule has 0 fully saturated rings. The molecule has 0 aliphatic rings. The molecule has 0 unspecified atom stereocenters. The summed E-state index contributed by atoms with van der Waals surface area (Å²) in [4.78, 5) is 0. The van der Waals surface area contributed by atoms with E-state index in [4.69, 9.17) is 9.84 Å². The molecule has 2 rings (SSSR count). The van der Waals surface area contributed by atoms with Gasteiger partial charge in [-0.3, -0.25) is 0 Å². The number of hydrogen-bond donors (Lipinski definition) is 1. The predicted molar refractivity (Wildman–Crippen MR) is 80.5 cm³/mol. The fraction of sp³-hybridized carbons (Fsp3) is 0.222. The second-order valence-corrected chi connectivity index (χ2v) is 4.73. The number of aliphatic hydroxyl groups is 1. The zero-order valence-corrected chi connectivity index (χ0v) is 11.9. The van der Waals surface area contributed by atoms with E-state index in [1.807, 2.05) is 31.2 Å². The summed E-state index contributed by atoms with van der Waals surface area (Å²) >= 11 is 0. The van der Waals surface area contributed by atoms with Crippen LogP contribution in [0, 0.1) is 24.6 Å². The van der Waals surface area contributed by atoms with Crippen LogP contribution in [0.4, 0.5) is 4.39 Å². The molecule has 0 aliphatic heterocycles. The molecule has 0 aromatic heterocycles. The summed E-state index contributed by atoms with van der Waals surface area (Å²) in [5, 5.41) is 8.69. The van der Waals surface area contributed by atoms with Crippen LogP contribution in [0.1, 0.15) is 23.1 Å². The second-order valence-electron chi connectivity index (χ2n) is 4.73. The first-order valence-corrected chi connectivity index (χ1v) is 6.76. The molecule has 0 amide bonds. The van der Waals surface area contributed by atoms with Crippen molar-refractivity contribution in [3.63, 3.8) is 0 Å². The molecule has 0 heterocycles. The minimum atomic E-state index is -0.340. The van der Waals surface area contributed by atoms with E-state index in [0.29, 0.717) is 12.0 Å². The molecule has 2 aromatic carbocycles. The molecule has 1 N–H and O–H groups in total. The van der Waals surface area contributed by atoms with Gasteiger partial charge in [-0.1, -0.05) is 29.5 Å². The highest BCUT2D eigenvalue weighted by molar-refractivity contribution is 5.38. The molecule has 108 valence electrons. The van der Waals surface area contributed by atoms with Gasteiger partial charge in [-0.2, -0.15) is 0 Å². The Balaban J connectivity index is 2.06. The van der Waals surface area contributed by atoms with E-state index >= 15 is 0 Å². The molecular formula is C18H17FO2. The largest absolute Gasteiger partial charge is 0.489 e. The minimum Gasteiger partial charge on any atom is -0.489 e.